The van der Waals surface area contributed by atoms with E-state index in [2.05, 4.69) is 20.4 Å². The van der Waals surface area contributed by atoms with Crippen LogP contribution in [-0.2, 0) is 0 Å². The van der Waals surface area contributed by atoms with Gasteiger partial charge in [-0.05, 0) is 29.8 Å². The van der Waals surface area contributed by atoms with Gasteiger partial charge in [0.25, 0.3) is 0 Å². The van der Waals surface area contributed by atoms with Crippen LogP contribution in [0.15, 0.2) is 35.5 Å². The van der Waals surface area contributed by atoms with Crippen LogP contribution in [0.3, 0.4) is 0 Å². The van der Waals surface area contributed by atoms with E-state index in [0.717, 1.165) is 24.5 Å². The quantitative estimate of drug-likeness (QED) is 0.842. The number of aliphatic imine (C=N–C) groups is 1. The molecule has 0 bridgehead atoms. The monoisotopic (exact) mass is 341 g/mol. The summed E-state index contributed by atoms with van der Waals surface area (Å²) < 4.78 is 0. The highest BCUT2D eigenvalue weighted by Crippen LogP contribution is 2.27. The summed E-state index contributed by atoms with van der Waals surface area (Å²) in [6.45, 7) is 0.773. The first kappa shape index (κ1) is 14.4. The Labute approximate surface area is 136 Å². The first-order valence-electron chi connectivity index (χ1n) is 6.17. The standard InChI is InChI=1S/C13H10Cl3N5/c14-9-2-1-8(7-10(9)15)21-6-4-12(20-21)18-11-3-5-17-13(16)19-11/h1-3,5,7H,4,6H2,(H,17,18,19,20). The van der Waals surface area contributed by atoms with Crippen LogP contribution < -0.4 is 10.4 Å². The van der Waals surface area contributed by atoms with E-state index in [1.54, 1.807) is 24.4 Å². The number of benzene rings is 1. The fraction of sp³-hybridized carbons (Fsp3) is 0.154. The Balaban J connectivity index is 1.77. The average Bonchev–Trinajstić information content (AvgIpc) is 2.90. The van der Waals surface area contributed by atoms with Crippen molar-refractivity contribution in [3.05, 3.63) is 45.8 Å². The molecule has 2 heterocycles. The molecule has 3 rings (SSSR count). The maximum absolute atomic E-state index is 6.03. The van der Waals surface area contributed by atoms with Crippen LogP contribution in [0.5, 0.6) is 0 Å². The minimum absolute atomic E-state index is 0.177. The molecule has 0 unspecified atom stereocenters. The topological polar surface area (TPSA) is 53.4 Å². The first-order chi connectivity index (χ1) is 10.1. The van der Waals surface area contributed by atoms with Gasteiger partial charge in [0.15, 0.2) is 5.82 Å². The Morgan fingerprint density at radius 2 is 2.00 bits per heavy atom. The van der Waals surface area contributed by atoms with Crippen molar-refractivity contribution in [3.8, 4) is 0 Å². The van der Waals surface area contributed by atoms with E-state index < -0.39 is 0 Å². The molecule has 2 aromatic rings. The fourth-order valence-electron chi connectivity index (χ4n) is 1.94. The first-order valence-corrected chi connectivity index (χ1v) is 7.30. The SMILES string of the molecule is Clc1nccc(N=C2CCN(c3ccc(Cl)c(Cl)c3)N2)n1. The van der Waals surface area contributed by atoms with Gasteiger partial charge in [0.2, 0.25) is 5.28 Å². The van der Waals surface area contributed by atoms with Crippen molar-refractivity contribution < 1.29 is 0 Å². The lowest BCUT2D eigenvalue weighted by atomic mass is 10.3. The number of halogens is 3. The van der Waals surface area contributed by atoms with E-state index in [1.807, 2.05) is 11.1 Å². The molecule has 5 nitrogen and oxygen atoms in total. The second-order valence-electron chi connectivity index (χ2n) is 4.35. The van der Waals surface area contributed by atoms with Crippen LogP contribution >= 0.6 is 34.8 Å². The van der Waals surface area contributed by atoms with Crippen LogP contribution in [0.25, 0.3) is 0 Å². The number of hydrogen-bond acceptors (Lipinski definition) is 4. The van der Waals surface area contributed by atoms with Gasteiger partial charge in [-0.2, -0.15) is 4.98 Å². The molecule has 0 amide bonds. The summed E-state index contributed by atoms with van der Waals surface area (Å²) in [6.07, 6.45) is 2.34. The molecule has 1 aromatic heterocycles. The maximum atomic E-state index is 6.03. The zero-order valence-corrected chi connectivity index (χ0v) is 13.0. The van der Waals surface area contributed by atoms with Gasteiger partial charge in [-0.1, -0.05) is 23.2 Å². The molecule has 1 aliphatic rings. The molecule has 0 aliphatic carbocycles. The zero-order valence-electron chi connectivity index (χ0n) is 10.7. The van der Waals surface area contributed by atoms with Gasteiger partial charge in [0, 0.05) is 25.2 Å². The van der Waals surface area contributed by atoms with Crippen LogP contribution in [0.1, 0.15) is 6.42 Å². The average molecular weight is 343 g/mol. The number of aromatic nitrogens is 2. The van der Waals surface area contributed by atoms with Gasteiger partial charge in [-0.15, -0.1) is 0 Å². The second-order valence-corrected chi connectivity index (χ2v) is 5.51. The van der Waals surface area contributed by atoms with Crippen LogP contribution in [-0.4, -0.2) is 22.3 Å². The highest BCUT2D eigenvalue weighted by Gasteiger charge is 2.18. The van der Waals surface area contributed by atoms with Crippen LogP contribution in [0.4, 0.5) is 11.5 Å². The third-order valence-electron chi connectivity index (χ3n) is 2.91. The Morgan fingerprint density at radius 1 is 1.14 bits per heavy atom. The molecule has 1 fully saturated rings. The van der Waals surface area contributed by atoms with Gasteiger partial charge in [-0.3, -0.25) is 10.4 Å². The van der Waals surface area contributed by atoms with Crippen molar-refractivity contribution in [2.75, 3.05) is 11.6 Å². The van der Waals surface area contributed by atoms with E-state index in [-0.39, 0.29) is 5.28 Å². The highest BCUT2D eigenvalue weighted by atomic mass is 35.5. The Kier molecular flexibility index (Phi) is 4.14. The Bertz CT molecular complexity index is 704. The molecule has 108 valence electrons. The summed E-state index contributed by atoms with van der Waals surface area (Å²) in [5.74, 6) is 1.32. The van der Waals surface area contributed by atoms with Crippen molar-refractivity contribution in [2.24, 2.45) is 4.99 Å². The van der Waals surface area contributed by atoms with E-state index in [9.17, 15) is 0 Å². The molecule has 0 atom stereocenters. The van der Waals surface area contributed by atoms with E-state index in [4.69, 9.17) is 34.8 Å². The smallest absolute Gasteiger partial charge is 0.224 e. The third-order valence-corrected chi connectivity index (χ3v) is 3.83. The Morgan fingerprint density at radius 3 is 2.76 bits per heavy atom. The summed E-state index contributed by atoms with van der Waals surface area (Å²) in [6, 6.07) is 7.16. The normalized spacial score (nSPS) is 16.3. The lowest BCUT2D eigenvalue weighted by Gasteiger charge is -2.18. The van der Waals surface area contributed by atoms with Crippen LogP contribution in [0, 0.1) is 0 Å². The Hall–Kier alpha value is -1.56. The molecular weight excluding hydrogens is 333 g/mol. The summed E-state index contributed by atoms with van der Waals surface area (Å²) >= 11 is 17.7. The van der Waals surface area contributed by atoms with Gasteiger partial charge >= 0.3 is 0 Å². The van der Waals surface area contributed by atoms with Crippen LogP contribution in [0.2, 0.25) is 15.3 Å². The van der Waals surface area contributed by atoms with E-state index in [0.29, 0.717) is 15.9 Å². The van der Waals surface area contributed by atoms with Crippen molar-refractivity contribution in [2.45, 2.75) is 6.42 Å². The van der Waals surface area contributed by atoms with E-state index in [1.165, 1.54) is 0 Å². The third kappa shape index (κ3) is 3.37. The molecular formula is C13H10Cl3N5. The zero-order chi connectivity index (χ0) is 14.8. The molecule has 21 heavy (non-hydrogen) atoms. The molecule has 0 spiro atoms. The minimum Gasteiger partial charge on any atom is -0.286 e. The highest BCUT2D eigenvalue weighted by molar-refractivity contribution is 6.42. The van der Waals surface area contributed by atoms with E-state index >= 15 is 0 Å². The number of nitrogens with one attached hydrogen (secondary N) is 1. The van der Waals surface area contributed by atoms with Crippen molar-refractivity contribution in [3.63, 3.8) is 0 Å². The number of anilines is 1. The van der Waals surface area contributed by atoms with Gasteiger partial charge in [-0.25, -0.2) is 9.98 Å². The molecule has 1 aromatic carbocycles. The molecule has 0 saturated carbocycles. The number of hydrogen-bond donors (Lipinski definition) is 1. The van der Waals surface area contributed by atoms with Crippen molar-refractivity contribution in [1.82, 2.24) is 15.4 Å². The predicted molar refractivity (Wildman–Crippen MR) is 85.7 cm³/mol. The lowest BCUT2D eigenvalue weighted by Crippen LogP contribution is -2.32. The number of amidine groups is 1. The fourth-order valence-corrected chi connectivity index (χ4v) is 2.37. The number of nitrogens with zero attached hydrogens (tertiary/aromatic N) is 4. The largest absolute Gasteiger partial charge is 0.286 e. The molecule has 0 radical (unpaired) electrons. The van der Waals surface area contributed by atoms with Gasteiger partial charge < -0.3 is 0 Å². The number of rotatable bonds is 2. The second kappa shape index (κ2) is 6.05. The molecule has 1 aliphatic heterocycles. The molecule has 8 heteroatoms. The predicted octanol–water partition coefficient (Wildman–Crippen LogP) is 3.88. The van der Waals surface area contributed by atoms with Crippen molar-refractivity contribution in [1.29, 1.82) is 0 Å². The summed E-state index contributed by atoms with van der Waals surface area (Å²) in [4.78, 5) is 12.3. The summed E-state index contributed by atoms with van der Waals surface area (Å²) in [7, 11) is 0. The molecule has 1 saturated heterocycles. The minimum atomic E-state index is 0.177. The van der Waals surface area contributed by atoms with Gasteiger partial charge in [0.1, 0.15) is 5.84 Å². The number of hydrazine groups is 1. The van der Waals surface area contributed by atoms with Gasteiger partial charge in [0.05, 0.1) is 15.7 Å². The maximum Gasteiger partial charge on any atom is 0.224 e. The molecule has 1 N–H and O–H groups in total. The van der Waals surface area contributed by atoms with Crippen molar-refractivity contribution >= 4 is 52.1 Å². The summed E-state index contributed by atoms with van der Waals surface area (Å²) in [5, 5.41) is 3.17. The summed E-state index contributed by atoms with van der Waals surface area (Å²) in [5.41, 5.74) is 4.13. The lowest BCUT2D eigenvalue weighted by molar-refractivity contribution is 0.858.